The minimum atomic E-state index is -0.109. The highest BCUT2D eigenvalue weighted by Gasteiger charge is 2.39. The van der Waals surface area contributed by atoms with E-state index in [0.29, 0.717) is 0 Å². The number of hydrogen-bond donors (Lipinski definition) is 0. The summed E-state index contributed by atoms with van der Waals surface area (Å²) in [7, 11) is 0. The molecule has 53 heavy (non-hydrogen) atoms. The van der Waals surface area contributed by atoms with Gasteiger partial charge in [0.05, 0.1) is 0 Å². The number of nitrogens with zero attached hydrogens (tertiary/aromatic N) is 1. The Kier molecular flexibility index (Phi) is 6.14. The van der Waals surface area contributed by atoms with Crippen molar-refractivity contribution < 1.29 is 0 Å². The number of benzene rings is 9. The van der Waals surface area contributed by atoms with Crippen LogP contribution in [0.5, 0.6) is 0 Å². The van der Waals surface area contributed by atoms with Crippen LogP contribution in [0.1, 0.15) is 49.9 Å². The van der Waals surface area contributed by atoms with Gasteiger partial charge in [-0.2, -0.15) is 0 Å². The van der Waals surface area contributed by atoms with E-state index in [-0.39, 0.29) is 10.8 Å². The zero-order chi connectivity index (χ0) is 35.6. The molecule has 0 amide bonds. The van der Waals surface area contributed by atoms with Gasteiger partial charge in [-0.3, -0.25) is 0 Å². The fraction of sp³-hybridized carbons (Fsp3) is 0.115. The highest BCUT2D eigenvalue weighted by Crippen LogP contribution is 2.56. The summed E-state index contributed by atoms with van der Waals surface area (Å²) in [6.45, 7) is 9.58. The molecular weight excluding hydrogens is 639 g/mol. The fourth-order valence-electron chi connectivity index (χ4n) is 10.1. The molecule has 252 valence electrons. The summed E-state index contributed by atoms with van der Waals surface area (Å²) in [5.74, 6) is 0. The van der Waals surface area contributed by atoms with Crippen LogP contribution in [0.2, 0.25) is 0 Å². The summed E-state index contributed by atoms with van der Waals surface area (Å²) in [5, 5.41) is 10.4. The van der Waals surface area contributed by atoms with Gasteiger partial charge < -0.3 is 4.90 Å². The van der Waals surface area contributed by atoms with Crippen molar-refractivity contribution in [3.63, 3.8) is 0 Å². The fourth-order valence-corrected chi connectivity index (χ4v) is 10.1. The van der Waals surface area contributed by atoms with Crippen molar-refractivity contribution in [3.8, 4) is 22.3 Å². The van der Waals surface area contributed by atoms with Crippen molar-refractivity contribution in [2.45, 2.75) is 38.5 Å². The molecule has 1 heteroatoms. The van der Waals surface area contributed by atoms with Gasteiger partial charge in [0.15, 0.2) is 0 Å². The SMILES string of the molecule is CC1(C)c2cc3ccccc3cc2-c2ccc3cc(N(c4ccccc4)c4ccc5c6c(c7ccccc7c5c4)-c4ccccc4C6(C)C)ccc3c21. The molecule has 0 saturated carbocycles. The van der Waals surface area contributed by atoms with Gasteiger partial charge in [0.2, 0.25) is 0 Å². The highest BCUT2D eigenvalue weighted by atomic mass is 15.1. The molecule has 0 N–H and O–H groups in total. The molecule has 0 aromatic heterocycles. The quantitative estimate of drug-likeness (QED) is 0.168. The van der Waals surface area contributed by atoms with E-state index in [1.54, 1.807) is 0 Å². The van der Waals surface area contributed by atoms with Gasteiger partial charge in [-0.05, 0) is 136 Å². The summed E-state index contributed by atoms with van der Waals surface area (Å²) in [6.07, 6.45) is 0. The number of fused-ring (bicyclic) bond motifs is 14. The Morgan fingerprint density at radius 2 is 0.981 bits per heavy atom. The largest absolute Gasteiger partial charge is 0.310 e. The number of rotatable bonds is 3. The zero-order valence-corrected chi connectivity index (χ0v) is 30.5. The van der Waals surface area contributed by atoms with Crippen molar-refractivity contribution in [1.82, 2.24) is 0 Å². The molecule has 0 bridgehead atoms. The summed E-state index contributed by atoms with van der Waals surface area (Å²) < 4.78 is 0. The Morgan fingerprint density at radius 3 is 1.79 bits per heavy atom. The third-order valence-corrected chi connectivity index (χ3v) is 12.5. The first-order valence-corrected chi connectivity index (χ1v) is 18.9. The highest BCUT2D eigenvalue weighted by molar-refractivity contribution is 6.19. The van der Waals surface area contributed by atoms with Crippen molar-refractivity contribution in [2.24, 2.45) is 0 Å². The molecule has 0 unspecified atom stereocenters. The van der Waals surface area contributed by atoms with Gasteiger partial charge in [0.1, 0.15) is 0 Å². The first-order chi connectivity index (χ1) is 25.8. The molecule has 0 atom stereocenters. The Bertz CT molecular complexity index is 3000. The second kappa shape index (κ2) is 10.7. The molecule has 1 nitrogen and oxygen atoms in total. The predicted molar refractivity (Wildman–Crippen MR) is 226 cm³/mol. The van der Waals surface area contributed by atoms with Crippen LogP contribution in [0.3, 0.4) is 0 Å². The van der Waals surface area contributed by atoms with Crippen LogP contribution in [-0.4, -0.2) is 0 Å². The van der Waals surface area contributed by atoms with Crippen molar-refractivity contribution in [3.05, 3.63) is 186 Å². The van der Waals surface area contributed by atoms with Crippen LogP contribution >= 0.6 is 0 Å². The van der Waals surface area contributed by atoms with Crippen LogP contribution in [0.15, 0.2) is 164 Å². The molecule has 0 fully saturated rings. The molecule has 9 aromatic rings. The van der Waals surface area contributed by atoms with E-state index in [9.17, 15) is 0 Å². The molecule has 0 heterocycles. The van der Waals surface area contributed by atoms with E-state index in [2.05, 4.69) is 196 Å². The molecule has 2 aliphatic carbocycles. The van der Waals surface area contributed by atoms with Crippen LogP contribution < -0.4 is 4.90 Å². The van der Waals surface area contributed by atoms with Gasteiger partial charge in [-0.15, -0.1) is 0 Å². The van der Waals surface area contributed by atoms with Crippen molar-refractivity contribution in [2.75, 3.05) is 4.90 Å². The molecular formula is C52H39N. The second-order valence-corrected chi connectivity index (χ2v) is 16.1. The van der Waals surface area contributed by atoms with Crippen LogP contribution in [0.25, 0.3) is 65.3 Å². The second-order valence-electron chi connectivity index (χ2n) is 16.1. The summed E-state index contributed by atoms with van der Waals surface area (Å²) in [6, 6.07) is 61.3. The van der Waals surface area contributed by atoms with E-state index in [4.69, 9.17) is 0 Å². The summed E-state index contributed by atoms with van der Waals surface area (Å²) >= 11 is 0. The summed E-state index contributed by atoms with van der Waals surface area (Å²) in [5.41, 5.74) is 14.4. The maximum atomic E-state index is 2.43. The third-order valence-electron chi connectivity index (χ3n) is 12.5. The average Bonchev–Trinajstić information content (AvgIpc) is 3.57. The standard InChI is InChI=1S/C52H39N/c1-51(2)46-21-13-12-20-43(46)48-40-19-11-10-18-39(40)44-31-37(24-27-41(44)50(48)51)53(35-16-6-5-7-17-35)36-23-26-38-34(28-36)22-25-42-45-29-32-14-8-9-15-33(32)30-47(45)52(3,4)49(38)42/h5-31H,1-4H3. The van der Waals surface area contributed by atoms with Gasteiger partial charge in [0.25, 0.3) is 0 Å². The zero-order valence-electron chi connectivity index (χ0n) is 30.5. The smallest absolute Gasteiger partial charge is 0.0468 e. The van der Waals surface area contributed by atoms with Gasteiger partial charge in [-0.25, -0.2) is 0 Å². The van der Waals surface area contributed by atoms with Gasteiger partial charge in [0, 0.05) is 27.9 Å². The first-order valence-electron chi connectivity index (χ1n) is 18.9. The first kappa shape index (κ1) is 30.4. The molecule has 0 aliphatic heterocycles. The van der Waals surface area contributed by atoms with Crippen molar-refractivity contribution in [1.29, 1.82) is 0 Å². The topological polar surface area (TPSA) is 3.24 Å². The lowest BCUT2D eigenvalue weighted by Gasteiger charge is -2.28. The number of para-hydroxylation sites is 1. The molecule has 0 saturated heterocycles. The van der Waals surface area contributed by atoms with Gasteiger partial charge >= 0.3 is 0 Å². The number of anilines is 3. The molecule has 0 spiro atoms. The van der Waals surface area contributed by atoms with Crippen LogP contribution in [0.4, 0.5) is 17.1 Å². The monoisotopic (exact) mass is 677 g/mol. The number of hydrogen-bond acceptors (Lipinski definition) is 1. The van der Waals surface area contributed by atoms with Gasteiger partial charge in [-0.1, -0.05) is 143 Å². The Morgan fingerprint density at radius 1 is 0.340 bits per heavy atom. The van der Waals surface area contributed by atoms with E-state index < -0.39 is 0 Å². The minimum absolute atomic E-state index is 0.104. The van der Waals surface area contributed by atoms with E-state index in [0.717, 1.165) is 17.1 Å². The average molecular weight is 678 g/mol. The van der Waals surface area contributed by atoms with E-state index in [1.807, 2.05) is 0 Å². The minimum Gasteiger partial charge on any atom is -0.310 e. The Balaban J connectivity index is 1.11. The lowest BCUT2D eigenvalue weighted by Crippen LogP contribution is -2.16. The lowest BCUT2D eigenvalue weighted by atomic mass is 9.79. The molecule has 2 aliphatic rings. The lowest BCUT2D eigenvalue weighted by molar-refractivity contribution is 0.666. The molecule has 11 rings (SSSR count). The predicted octanol–water partition coefficient (Wildman–Crippen LogP) is 14.4. The van der Waals surface area contributed by atoms with Crippen molar-refractivity contribution >= 4 is 60.2 Å². The van der Waals surface area contributed by atoms with Crippen LogP contribution in [0, 0.1) is 0 Å². The van der Waals surface area contributed by atoms with E-state index >= 15 is 0 Å². The molecule has 0 radical (unpaired) electrons. The maximum Gasteiger partial charge on any atom is 0.0468 e. The normalized spacial score (nSPS) is 14.7. The van der Waals surface area contributed by atoms with Crippen LogP contribution in [-0.2, 0) is 10.8 Å². The Labute approximate surface area is 310 Å². The maximum absolute atomic E-state index is 2.43. The third kappa shape index (κ3) is 4.14. The molecule has 9 aromatic carbocycles. The van der Waals surface area contributed by atoms with E-state index in [1.165, 1.54) is 87.6 Å². The Hall–Kier alpha value is -6.18. The summed E-state index contributed by atoms with van der Waals surface area (Å²) in [4.78, 5) is 2.43.